The molecule has 0 aliphatic carbocycles. The molecular weight excluding hydrogens is 761 g/mol. The summed E-state index contributed by atoms with van der Waals surface area (Å²) in [4.78, 5) is 12.5. The van der Waals surface area contributed by atoms with Gasteiger partial charge in [0.1, 0.15) is 42.9 Å². The number of carbonyl (C=O) groups excluding carboxylic acids is 1. The van der Waals surface area contributed by atoms with Crippen LogP contribution in [0.25, 0.3) is 0 Å². The summed E-state index contributed by atoms with van der Waals surface area (Å²) in [5, 5.41) is 10.8. The van der Waals surface area contributed by atoms with Gasteiger partial charge in [0.2, 0.25) is 0 Å². The van der Waals surface area contributed by atoms with Gasteiger partial charge in [-0.25, -0.2) is 0 Å². The van der Waals surface area contributed by atoms with E-state index in [0.29, 0.717) is 0 Å². The van der Waals surface area contributed by atoms with E-state index in [0.717, 1.165) is 36.0 Å². The summed E-state index contributed by atoms with van der Waals surface area (Å²) in [6.07, 6.45) is 9.35. The van der Waals surface area contributed by atoms with Crippen LogP contribution in [0.4, 0.5) is 0 Å². The number of hydrogen-bond acceptors (Lipinski definition) is 10. The third-order valence-electron chi connectivity index (χ3n) is 10.2. The highest BCUT2D eigenvalue weighted by atomic mass is 32.2. The Labute approximate surface area is 346 Å². The molecule has 0 spiro atoms. The van der Waals surface area contributed by atoms with Gasteiger partial charge in [-0.15, -0.1) is 0 Å². The van der Waals surface area contributed by atoms with Crippen LogP contribution < -0.4 is 0 Å². The first kappa shape index (κ1) is 47.5. The lowest BCUT2D eigenvalue weighted by atomic mass is 9.98. The summed E-state index contributed by atoms with van der Waals surface area (Å²) < 4.78 is 71.8. The van der Waals surface area contributed by atoms with Crippen LogP contribution in [-0.4, -0.2) is 79.8 Å². The maximum Gasteiger partial charge on any atom is 0.305 e. The van der Waals surface area contributed by atoms with Gasteiger partial charge in [0.15, 0.2) is 6.29 Å². The summed E-state index contributed by atoms with van der Waals surface area (Å²) in [6, 6.07) is 28.3. The molecule has 6 atom stereocenters. The van der Waals surface area contributed by atoms with Gasteiger partial charge in [-0.1, -0.05) is 175 Å². The van der Waals surface area contributed by atoms with E-state index in [1.54, 1.807) is 0 Å². The Hall–Kier alpha value is -3.20. The number of ether oxygens (including phenoxy) is 6. The van der Waals surface area contributed by atoms with Gasteiger partial charge in [0.05, 0.1) is 26.4 Å². The van der Waals surface area contributed by atoms with Gasteiger partial charge in [-0.05, 0) is 23.1 Å². The average molecular weight is 827 g/mol. The Balaban J connectivity index is 1.34. The second kappa shape index (κ2) is 27.5. The quantitative estimate of drug-likeness (QED) is 0.0378. The molecule has 3 aromatic rings. The lowest BCUT2D eigenvalue weighted by Gasteiger charge is -2.45. The van der Waals surface area contributed by atoms with Crippen LogP contribution in [0.3, 0.4) is 0 Å². The first-order chi connectivity index (χ1) is 28.2. The van der Waals surface area contributed by atoms with Crippen LogP contribution in [0.1, 0.15) is 114 Å². The number of esters is 1. The van der Waals surface area contributed by atoms with Crippen LogP contribution in [0.5, 0.6) is 0 Å². The molecule has 1 saturated heterocycles. The van der Waals surface area contributed by atoms with Crippen molar-refractivity contribution in [2.45, 2.75) is 153 Å². The third-order valence-corrected chi connectivity index (χ3v) is 10.9. The van der Waals surface area contributed by atoms with Gasteiger partial charge in [-0.2, -0.15) is 8.42 Å². The first-order valence-corrected chi connectivity index (χ1v) is 22.8. The van der Waals surface area contributed by atoms with Crippen molar-refractivity contribution < 1.29 is 51.3 Å². The van der Waals surface area contributed by atoms with E-state index in [1.165, 1.54) is 64.2 Å². The van der Waals surface area contributed by atoms with E-state index in [4.69, 9.17) is 28.4 Å². The molecule has 1 unspecified atom stereocenters. The number of benzene rings is 3. The molecule has 11 nitrogen and oxygen atoms in total. The van der Waals surface area contributed by atoms with Gasteiger partial charge >= 0.3 is 5.97 Å². The van der Waals surface area contributed by atoms with Gasteiger partial charge in [-0.3, -0.25) is 9.35 Å². The SMILES string of the molecule is CCCCCCCCCCCCCCCC(=O)OCC(O)CO[C@H]1O[C@H](CS(=O)(=O)O)[C@H](OCc2ccccc2)[C@H](OCc2ccccc2)[C@H]1OCc1ccccc1. The maximum atomic E-state index is 12.5. The topological polar surface area (TPSA) is 147 Å². The Morgan fingerprint density at radius 1 is 0.603 bits per heavy atom. The molecule has 0 bridgehead atoms. The molecule has 1 aliphatic heterocycles. The molecule has 58 heavy (non-hydrogen) atoms. The van der Waals surface area contributed by atoms with E-state index in [9.17, 15) is 22.9 Å². The van der Waals surface area contributed by atoms with Crippen LogP contribution in [0.2, 0.25) is 0 Å². The minimum absolute atomic E-state index is 0.0996. The first-order valence-electron chi connectivity index (χ1n) is 21.2. The fraction of sp³-hybridized carbons (Fsp3) is 0.587. The fourth-order valence-corrected chi connectivity index (χ4v) is 7.71. The van der Waals surface area contributed by atoms with Crippen molar-refractivity contribution in [3.05, 3.63) is 108 Å². The molecule has 0 radical (unpaired) electrons. The minimum atomic E-state index is -4.56. The predicted molar refractivity (Wildman–Crippen MR) is 223 cm³/mol. The second-order valence-corrected chi connectivity index (χ2v) is 16.7. The summed E-state index contributed by atoms with van der Waals surface area (Å²) >= 11 is 0. The molecule has 2 N–H and O–H groups in total. The zero-order valence-electron chi connectivity index (χ0n) is 34.2. The van der Waals surface area contributed by atoms with Crippen LogP contribution >= 0.6 is 0 Å². The van der Waals surface area contributed by atoms with Crippen LogP contribution in [0.15, 0.2) is 91.0 Å². The van der Waals surface area contributed by atoms with E-state index in [-0.39, 0.29) is 45.4 Å². The molecule has 1 heterocycles. The predicted octanol–water partition coefficient (Wildman–Crippen LogP) is 8.76. The van der Waals surface area contributed by atoms with E-state index in [2.05, 4.69) is 6.92 Å². The Morgan fingerprint density at radius 3 is 1.50 bits per heavy atom. The number of carbonyl (C=O) groups is 1. The molecule has 1 fully saturated rings. The Morgan fingerprint density at radius 2 is 1.03 bits per heavy atom. The molecule has 4 rings (SSSR count). The Kier molecular flexibility index (Phi) is 22.5. The summed E-state index contributed by atoms with van der Waals surface area (Å²) in [7, 11) is -4.56. The highest BCUT2D eigenvalue weighted by Crippen LogP contribution is 2.32. The maximum absolute atomic E-state index is 12.5. The molecule has 3 aromatic carbocycles. The highest BCUT2D eigenvalue weighted by Gasteiger charge is 2.50. The lowest BCUT2D eigenvalue weighted by Crippen LogP contribution is -2.62. The minimum Gasteiger partial charge on any atom is -0.463 e. The zero-order valence-corrected chi connectivity index (χ0v) is 35.1. The van der Waals surface area contributed by atoms with Crippen molar-refractivity contribution in [3.63, 3.8) is 0 Å². The van der Waals surface area contributed by atoms with Crippen molar-refractivity contribution in [2.75, 3.05) is 19.0 Å². The lowest BCUT2D eigenvalue weighted by molar-refractivity contribution is -0.322. The summed E-state index contributed by atoms with van der Waals surface area (Å²) in [5.74, 6) is -1.19. The van der Waals surface area contributed by atoms with Crippen molar-refractivity contribution in [1.82, 2.24) is 0 Å². The van der Waals surface area contributed by atoms with Crippen molar-refractivity contribution in [1.29, 1.82) is 0 Å². The highest BCUT2D eigenvalue weighted by molar-refractivity contribution is 7.85. The van der Waals surface area contributed by atoms with Crippen molar-refractivity contribution in [3.8, 4) is 0 Å². The monoisotopic (exact) mass is 826 g/mol. The number of hydrogen-bond donors (Lipinski definition) is 2. The van der Waals surface area contributed by atoms with E-state index < -0.39 is 52.7 Å². The summed E-state index contributed by atoms with van der Waals surface area (Å²) in [6.45, 7) is 2.00. The average Bonchev–Trinajstić information content (AvgIpc) is 3.22. The molecule has 322 valence electrons. The van der Waals surface area contributed by atoms with Crippen molar-refractivity contribution in [2.24, 2.45) is 0 Å². The van der Waals surface area contributed by atoms with E-state index >= 15 is 0 Å². The van der Waals surface area contributed by atoms with E-state index in [1.807, 2.05) is 91.0 Å². The third kappa shape index (κ3) is 19.2. The van der Waals surface area contributed by atoms with Crippen LogP contribution in [-0.2, 0) is 63.2 Å². The summed E-state index contributed by atoms with van der Waals surface area (Å²) in [5.41, 5.74) is 2.56. The number of rotatable bonds is 30. The zero-order chi connectivity index (χ0) is 41.3. The van der Waals surface area contributed by atoms with Gasteiger partial charge in [0, 0.05) is 6.42 Å². The molecule has 0 saturated carbocycles. The molecular formula is C46H66O11S. The van der Waals surface area contributed by atoms with Crippen molar-refractivity contribution >= 4 is 16.1 Å². The molecule has 0 amide bonds. The standard InChI is InChI=1S/C46H66O11S/c1-2-3-4-5-6-7-8-9-10-11-12-13-23-30-42(48)52-34-40(47)35-56-46-45(55-33-39-28-21-16-22-29-39)44(54-32-38-26-19-15-20-27-38)43(41(57-46)36-58(49,50)51)53-31-37-24-17-14-18-25-37/h14-22,24-29,40-41,43-47H,2-13,23,30-36H2,1H3,(H,49,50,51)/t40?,41-,43+,44+,45-,46+/m1/s1. The van der Waals surface area contributed by atoms with Crippen LogP contribution in [0, 0.1) is 0 Å². The fourth-order valence-electron chi connectivity index (χ4n) is 7.02. The normalized spacial score (nSPS) is 20.2. The number of aliphatic hydroxyl groups is 1. The molecule has 12 heteroatoms. The second-order valence-electron chi connectivity index (χ2n) is 15.2. The van der Waals surface area contributed by atoms with Gasteiger partial charge in [0.25, 0.3) is 10.1 Å². The smallest absolute Gasteiger partial charge is 0.305 e. The van der Waals surface area contributed by atoms with Gasteiger partial charge < -0.3 is 33.5 Å². The Bertz CT molecular complexity index is 1610. The largest absolute Gasteiger partial charge is 0.463 e. The molecule has 1 aliphatic rings. The number of aliphatic hydroxyl groups excluding tert-OH is 1. The number of unbranched alkanes of at least 4 members (excludes halogenated alkanes) is 12. The molecule has 0 aromatic heterocycles.